The van der Waals surface area contributed by atoms with Gasteiger partial charge in [-0.2, -0.15) is 5.10 Å². The highest BCUT2D eigenvalue weighted by Gasteiger charge is 2.20. The van der Waals surface area contributed by atoms with Gasteiger partial charge in [0, 0.05) is 30.4 Å². The van der Waals surface area contributed by atoms with E-state index >= 15 is 0 Å². The quantitative estimate of drug-likeness (QED) is 0.538. The van der Waals surface area contributed by atoms with E-state index in [1.54, 1.807) is 35.2 Å². The van der Waals surface area contributed by atoms with Crippen LogP contribution in [0.4, 0.5) is 0 Å². The molecule has 0 saturated heterocycles. The molecule has 4 heterocycles. The molecule has 0 atom stereocenters. The summed E-state index contributed by atoms with van der Waals surface area (Å²) >= 11 is 6.08. The zero-order valence-corrected chi connectivity index (χ0v) is 13.1. The van der Waals surface area contributed by atoms with Gasteiger partial charge in [-0.05, 0) is 30.3 Å². The molecule has 0 bridgehead atoms. The van der Waals surface area contributed by atoms with Crippen molar-refractivity contribution in [1.82, 2.24) is 24.6 Å². The maximum absolute atomic E-state index is 12.7. The van der Waals surface area contributed by atoms with Gasteiger partial charge in [0.15, 0.2) is 5.65 Å². The van der Waals surface area contributed by atoms with E-state index in [1.807, 2.05) is 18.2 Å². The summed E-state index contributed by atoms with van der Waals surface area (Å²) < 4.78 is 1.61. The number of aromatic nitrogens is 5. The Morgan fingerprint density at radius 1 is 1.00 bits per heavy atom. The molecule has 6 nitrogen and oxygen atoms in total. The average Bonchev–Trinajstić information content (AvgIpc) is 3.06. The monoisotopic (exact) mass is 335 g/mol. The Kier molecular flexibility index (Phi) is 3.51. The summed E-state index contributed by atoms with van der Waals surface area (Å²) in [5.41, 5.74) is 2.65. The lowest BCUT2D eigenvalue weighted by Gasteiger charge is -2.04. The van der Waals surface area contributed by atoms with Gasteiger partial charge in [-0.25, -0.2) is 9.50 Å². The third kappa shape index (κ3) is 2.33. The normalized spacial score (nSPS) is 10.9. The van der Waals surface area contributed by atoms with Gasteiger partial charge in [-0.3, -0.25) is 14.8 Å². The van der Waals surface area contributed by atoms with Crippen molar-refractivity contribution in [2.45, 2.75) is 0 Å². The van der Waals surface area contributed by atoms with Gasteiger partial charge in [0.25, 0.3) is 0 Å². The van der Waals surface area contributed by atoms with Crippen molar-refractivity contribution in [2.75, 3.05) is 0 Å². The van der Waals surface area contributed by atoms with Crippen molar-refractivity contribution in [3.05, 3.63) is 77.6 Å². The maximum Gasteiger partial charge on any atom is 0.218 e. The van der Waals surface area contributed by atoms with Gasteiger partial charge in [-0.15, -0.1) is 0 Å². The molecule has 0 aromatic carbocycles. The van der Waals surface area contributed by atoms with E-state index in [0.29, 0.717) is 16.2 Å². The van der Waals surface area contributed by atoms with Crippen LogP contribution < -0.4 is 0 Å². The largest absolute Gasteiger partial charge is 0.287 e. The predicted octanol–water partition coefficient (Wildman–Crippen LogP) is 3.07. The number of rotatable bonds is 3. The number of carbonyl (C=O) groups is 1. The lowest BCUT2D eigenvalue weighted by Crippen LogP contribution is -2.05. The first-order valence-corrected chi connectivity index (χ1v) is 7.52. The van der Waals surface area contributed by atoms with Crippen LogP contribution in [0.2, 0.25) is 5.02 Å². The number of nitrogens with zero attached hydrogens (tertiary/aromatic N) is 5. The van der Waals surface area contributed by atoms with Crippen LogP contribution in [0.25, 0.3) is 16.9 Å². The second-order valence-electron chi connectivity index (χ2n) is 5.03. The van der Waals surface area contributed by atoms with Gasteiger partial charge in [0.2, 0.25) is 5.78 Å². The molecule has 0 aliphatic carbocycles. The molecule has 0 aliphatic heterocycles. The van der Waals surface area contributed by atoms with E-state index in [1.165, 1.54) is 12.4 Å². The first kappa shape index (κ1) is 14.5. The van der Waals surface area contributed by atoms with E-state index in [-0.39, 0.29) is 11.5 Å². The molecule has 4 aromatic rings. The average molecular weight is 336 g/mol. The van der Waals surface area contributed by atoms with E-state index in [2.05, 4.69) is 20.1 Å². The molecule has 7 heteroatoms. The minimum atomic E-state index is -0.313. The highest BCUT2D eigenvalue weighted by molar-refractivity contribution is 6.34. The van der Waals surface area contributed by atoms with Crippen molar-refractivity contribution in [2.24, 2.45) is 0 Å². The Morgan fingerprint density at radius 2 is 1.88 bits per heavy atom. The van der Waals surface area contributed by atoms with Gasteiger partial charge in [0.05, 0.1) is 22.5 Å². The van der Waals surface area contributed by atoms with Crippen LogP contribution in [0.3, 0.4) is 0 Å². The van der Waals surface area contributed by atoms with Crippen LogP contribution in [0.1, 0.15) is 16.1 Å². The van der Waals surface area contributed by atoms with Crippen molar-refractivity contribution >= 4 is 23.0 Å². The molecular weight excluding hydrogens is 326 g/mol. The third-order valence-electron chi connectivity index (χ3n) is 3.58. The first-order valence-electron chi connectivity index (χ1n) is 7.14. The van der Waals surface area contributed by atoms with Crippen LogP contribution in [0, 0.1) is 0 Å². The second-order valence-corrected chi connectivity index (χ2v) is 5.44. The number of hydrogen-bond acceptors (Lipinski definition) is 5. The van der Waals surface area contributed by atoms with Gasteiger partial charge in [0.1, 0.15) is 5.69 Å². The van der Waals surface area contributed by atoms with Crippen LogP contribution in [-0.2, 0) is 0 Å². The SMILES string of the molecule is O=C(c1ncccc1Cl)c1cnn2c(-c3cccnc3)ccnc12. The molecule has 0 radical (unpaired) electrons. The number of ketones is 1. The Bertz CT molecular complexity index is 1050. The Morgan fingerprint density at radius 3 is 2.67 bits per heavy atom. The van der Waals surface area contributed by atoms with Crippen molar-refractivity contribution in [1.29, 1.82) is 0 Å². The molecule has 0 saturated carbocycles. The van der Waals surface area contributed by atoms with E-state index in [4.69, 9.17) is 11.6 Å². The van der Waals surface area contributed by atoms with Crippen LogP contribution in [0.5, 0.6) is 0 Å². The van der Waals surface area contributed by atoms with E-state index in [9.17, 15) is 4.79 Å². The van der Waals surface area contributed by atoms with E-state index < -0.39 is 0 Å². The van der Waals surface area contributed by atoms with Crippen LogP contribution in [0.15, 0.2) is 61.3 Å². The van der Waals surface area contributed by atoms with Gasteiger partial charge >= 0.3 is 0 Å². The maximum atomic E-state index is 12.7. The highest BCUT2D eigenvalue weighted by Crippen LogP contribution is 2.23. The molecule has 0 unspecified atom stereocenters. The lowest BCUT2D eigenvalue weighted by atomic mass is 10.1. The zero-order chi connectivity index (χ0) is 16.5. The standard InChI is InChI=1S/C17H10ClN5O/c18-13-4-2-7-20-15(13)16(24)12-10-22-23-14(5-8-21-17(12)23)11-3-1-6-19-9-11/h1-10H. The fraction of sp³-hybridized carbons (Fsp3) is 0. The molecule has 0 amide bonds. The van der Waals surface area contributed by atoms with Crippen molar-refractivity contribution < 1.29 is 4.79 Å². The first-order chi connectivity index (χ1) is 11.8. The molecule has 0 spiro atoms. The lowest BCUT2D eigenvalue weighted by molar-refractivity contribution is 0.103. The molecule has 0 aliphatic rings. The molecule has 0 N–H and O–H groups in total. The minimum Gasteiger partial charge on any atom is -0.287 e. The van der Waals surface area contributed by atoms with Crippen LogP contribution >= 0.6 is 11.6 Å². The fourth-order valence-corrected chi connectivity index (χ4v) is 2.67. The van der Waals surface area contributed by atoms with Crippen molar-refractivity contribution in [3.8, 4) is 11.3 Å². The summed E-state index contributed by atoms with van der Waals surface area (Å²) in [5.74, 6) is -0.313. The number of hydrogen-bond donors (Lipinski definition) is 0. The van der Waals surface area contributed by atoms with Gasteiger partial charge in [-0.1, -0.05) is 11.6 Å². The number of fused-ring (bicyclic) bond motifs is 1. The summed E-state index contributed by atoms with van der Waals surface area (Å²) in [6.07, 6.45) is 8.07. The predicted molar refractivity (Wildman–Crippen MR) is 88.9 cm³/mol. The smallest absolute Gasteiger partial charge is 0.218 e. The number of pyridine rings is 2. The van der Waals surface area contributed by atoms with Gasteiger partial charge < -0.3 is 0 Å². The Hall–Kier alpha value is -3.12. The fourth-order valence-electron chi connectivity index (χ4n) is 2.46. The number of carbonyl (C=O) groups excluding carboxylic acids is 1. The Labute approximate surface area is 141 Å². The zero-order valence-electron chi connectivity index (χ0n) is 12.3. The highest BCUT2D eigenvalue weighted by atomic mass is 35.5. The Balaban J connectivity index is 1.88. The number of halogens is 1. The summed E-state index contributed by atoms with van der Waals surface area (Å²) in [4.78, 5) is 25.2. The molecule has 4 aromatic heterocycles. The molecule has 24 heavy (non-hydrogen) atoms. The summed E-state index contributed by atoms with van der Waals surface area (Å²) in [7, 11) is 0. The summed E-state index contributed by atoms with van der Waals surface area (Å²) in [5, 5.41) is 4.60. The topological polar surface area (TPSA) is 73.0 Å². The van der Waals surface area contributed by atoms with Crippen molar-refractivity contribution in [3.63, 3.8) is 0 Å². The minimum absolute atomic E-state index is 0.183. The molecular formula is C17H10ClN5O. The molecule has 4 rings (SSSR count). The van der Waals surface area contributed by atoms with Crippen LogP contribution in [-0.4, -0.2) is 30.3 Å². The third-order valence-corrected chi connectivity index (χ3v) is 3.88. The molecule has 116 valence electrons. The summed E-state index contributed by atoms with van der Waals surface area (Å²) in [6.45, 7) is 0. The second kappa shape index (κ2) is 5.82. The molecule has 0 fully saturated rings. The van der Waals surface area contributed by atoms with E-state index in [0.717, 1.165) is 11.3 Å². The summed E-state index contributed by atoms with van der Waals surface area (Å²) in [6, 6.07) is 8.88.